The topological polar surface area (TPSA) is 86.5 Å². The van der Waals surface area contributed by atoms with Crippen molar-refractivity contribution in [2.24, 2.45) is 0 Å². The maximum absolute atomic E-state index is 12.3. The van der Waals surface area contributed by atoms with Gasteiger partial charge < -0.3 is 10.3 Å². The van der Waals surface area contributed by atoms with Crippen molar-refractivity contribution < 1.29 is 0 Å². The van der Waals surface area contributed by atoms with Crippen molar-refractivity contribution in [1.82, 2.24) is 20.2 Å². The van der Waals surface area contributed by atoms with Crippen LogP contribution in [0.1, 0.15) is 34.7 Å². The number of rotatable bonds is 2. The number of H-pyrrole nitrogens is 2. The summed E-state index contributed by atoms with van der Waals surface area (Å²) >= 11 is 6.08. The molecule has 7 heteroatoms. The molecule has 0 fully saturated rings. The second-order valence-electron chi connectivity index (χ2n) is 6.77. The van der Waals surface area contributed by atoms with Crippen LogP contribution in [0.4, 0.5) is 5.69 Å². The molecular weight excluding hydrogens is 362 g/mol. The van der Waals surface area contributed by atoms with Gasteiger partial charge in [0.25, 0.3) is 5.56 Å². The summed E-state index contributed by atoms with van der Waals surface area (Å²) < 4.78 is 0. The molecule has 2 atom stereocenters. The number of hydrogen-bond acceptors (Lipinski definition) is 4. The monoisotopic (exact) mass is 377 g/mol. The Morgan fingerprint density at radius 3 is 2.67 bits per heavy atom. The van der Waals surface area contributed by atoms with E-state index in [0.717, 1.165) is 33.8 Å². The van der Waals surface area contributed by atoms with Gasteiger partial charge in [-0.2, -0.15) is 5.10 Å². The number of aromatic nitrogens is 4. The number of aromatic amines is 2. The van der Waals surface area contributed by atoms with E-state index >= 15 is 0 Å². The zero-order valence-corrected chi connectivity index (χ0v) is 15.2. The van der Waals surface area contributed by atoms with Crippen molar-refractivity contribution >= 4 is 28.1 Å². The Bertz CT molecular complexity index is 1210. The van der Waals surface area contributed by atoms with Crippen molar-refractivity contribution in [3.8, 4) is 0 Å². The molecule has 0 amide bonds. The first kappa shape index (κ1) is 16.1. The molecule has 2 aromatic carbocycles. The Balaban J connectivity index is 1.79. The van der Waals surface area contributed by atoms with E-state index in [9.17, 15) is 4.79 Å². The molecule has 6 nitrogen and oxygen atoms in total. The van der Waals surface area contributed by atoms with Crippen LogP contribution in [-0.4, -0.2) is 20.2 Å². The number of anilines is 1. The molecule has 134 valence electrons. The van der Waals surface area contributed by atoms with E-state index < -0.39 is 0 Å². The molecule has 1 aliphatic heterocycles. The first-order valence-electron chi connectivity index (χ1n) is 8.66. The number of imidazole rings is 1. The van der Waals surface area contributed by atoms with Gasteiger partial charge in [-0.05, 0) is 36.8 Å². The highest BCUT2D eigenvalue weighted by Crippen LogP contribution is 2.45. The van der Waals surface area contributed by atoms with Gasteiger partial charge >= 0.3 is 0 Å². The van der Waals surface area contributed by atoms with Crippen LogP contribution in [0.2, 0.25) is 5.02 Å². The van der Waals surface area contributed by atoms with Crippen LogP contribution in [0, 0.1) is 6.92 Å². The van der Waals surface area contributed by atoms with Crippen molar-refractivity contribution in [3.05, 3.63) is 86.8 Å². The highest BCUT2D eigenvalue weighted by molar-refractivity contribution is 6.30. The van der Waals surface area contributed by atoms with Gasteiger partial charge in [0, 0.05) is 28.0 Å². The van der Waals surface area contributed by atoms with Crippen molar-refractivity contribution in [2.45, 2.75) is 18.9 Å². The van der Waals surface area contributed by atoms with Gasteiger partial charge in [0.1, 0.15) is 5.82 Å². The summed E-state index contributed by atoms with van der Waals surface area (Å²) in [4.78, 5) is 20.2. The van der Waals surface area contributed by atoms with Crippen molar-refractivity contribution in [2.75, 3.05) is 5.32 Å². The summed E-state index contributed by atoms with van der Waals surface area (Å²) in [6.45, 7) is 1.97. The Kier molecular flexibility index (Phi) is 3.55. The first-order valence-corrected chi connectivity index (χ1v) is 9.04. The minimum atomic E-state index is -0.197. The lowest BCUT2D eigenvalue weighted by molar-refractivity contribution is 0.610. The molecule has 0 spiro atoms. The smallest absolute Gasteiger partial charge is 0.272 e. The van der Waals surface area contributed by atoms with E-state index in [1.54, 1.807) is 6.20 Å². The van der Waals surface area contributed by atoms with E-state index in [1.165, 1.54) is 0 Å². The fourth-order valence-corrected chi connectivity index (χ4v) is 3.95. The second kappa shape index (κ2) is 5.96. The SMILES string of the molecule is Cc1cnc(C2c3n[nH]c(=O)c4cccc(c34)NC2c2ccc(Cl)cc2)[nH]1. The molecular formula is C20H16ClN5O. The van der Waals surface area contributed by atoms with Gasteiger partial charge in [0.05, 0.1) is 23.0 Å². The maximum Gasteiger partial charge on any atom is 0.272 e. The van der Waals surface area contributed by atoms with Gasteiger partial charge in [0.15, 0.2) is 0 Å². The summed E-state index contributed by atoms with van der Waals surface area (Å²) in [5.41, 5.74) is 3.53. The minimum Gasteiger partial charge on any atom is -0.377 e. The third-order valence-corrected chi connectivity index (χ3v) is 5.28. The van der Waals surface area contributed by atoms with E-state index in [0.29, 0.717) is 10.4 Å². The third kappa shape index (κ3) is 2.52. The van der Waals surface area contributed by atoms with Gasteiger partial charge in [-0.15, -0.1) is 0 Å². The Morgan fingerprint density at radius 2 is 1.93 bits per heavy atom. The molecule has 3 heterocycles. The molecule has 2 aromatic heterocycles. The van der Waals surface area contributed by atoms with E-state index in [1.807, 2.05) is 49.4 Å². The van der Waals surface area contributed by atoms with Gasteiger partial charge in [-0.25, -0.2) is 10.1 Å². The molecule has 3 N–H and O–H groups in total. The molecule has 27 heavy (non-hydrogen) atoms. The minimum absolute atomic E-state index is 0.107. The predicted octanol–water partition coefficient (Wildman–Crippen LogP) is 3.91. The number of nitrogens with one attached hydrogen (secondary N) is 3. The molecule has 0 aliphatic carbocycles. The largest absolute Gasteiger partial charge is 0.377 e. The predicted molar refractivity (Wildman–Crippen MR) is 105 cm³/mol. The second-order valence-corrected chi connectivity index (χ2v) is 7.21. The quantitative estimate of drug-likeness (QED) is 0.494. The van der Waals surface area contributed by atoms with Crippen LogP contribution in [0.15, 0.2) is 53.5 Å². The first-order chi connectivity index (χ1) is 13.1. The molecule has 0 radical (unpaired) electrons. The van der Waals surface area contributed by atoms with Crippen LogP contribution in [0.3, 0.4) is 0 Å². The van der Waals surface area contributed by atoms with E-state index in [-0.39, 0.29) is 17.5 Å². The van der Waals surface area contributed by atoms with E-state index in [4.69, 9.17) is 11.6 Å². The summed E-state index contributed by atoms with van der Waals surface area (Å²) in [7, 11) is 0. The summed E-state index contributed by atoms with van der Waals surface area (Å²) in [5.74, 6) is 0.615. The summed E-state index contributed by atoms with van der Waals surface area (Å²) in [6, 6.07) is 13.3. The van der Waals surface area contributed by atoms with E-state index in [2.05, 4.69) is 25.5 Å². The fourth-order valence-electron chi connectivity index (χ4n) is 3.82. The molecule has 4 aromatic rings. The van der Waals surface area contributed by atoms with Gasteiger partial charge in [-0.1, -0.05) is 29.8 Å². The van der Waals surface area contributed by atoms with Crippen molar-refractivity contribution in [3.63, 3.8) is 0 Å². The lowest BCUT2D eigenvalue weighted by atomic mass is 9.84. The normalized spacial score (nSPS) is 18.4. The average molecular weight is 378 g/mol. The molecule has 5 rings (SSSR count). The highest BCUT2D eigenvalue weighted by atomic mass is 35.5. The molecule has 0 saturated carbocycles. The Morgan fingerprint density at radius 1 is 1.11 bits per heavy atom. The van der Waals surface area contributed by atoms with Crippen LogP contribution < -0.4 is 10.9 Å². The number of aryl methyl sites for hydroxylation is 1. The standard InChI is InChI=1S/C20H16ClN5O/c1-10-9-22-19(23-10)16-17(11-5-7-12(21)8-6-11)24-14-4-2-3-13-15(14)18(16)25-26-20(13)27/h2-9,16-17,24H,1H3,(H,22,23)(H,26,27). The summed E-state index contributed by atoms with van der Waals surface area (Å²) in [6.07, 6.45) is 1.80. The highest BCUT2D eigenvalue weighted by Gasteiger charge is 2.36. The molecule has 1 aliphatic rings. The van der Waals surface area contributed by atoms with Crippen LogP contribution in [0.25, 0.3) is 10.8 Å². The Labute approximate surface area is 159 Å². The van der Waals surface area contributed by atoms with Crippen LogP contribution >= 0.6 is 11.6 Å². The lowest BCUT2D eigenvalue weighted by Crippen LogP contribution is -2.28. The number of nitrogens with zero attached hydrogens (tertiary/aromatic N) is 2. The number of benzene rings is 2. The van der Waals surface area contributed by atoms with Crippen LogP contribution in [-0.2, 0) is 0 Å². The maximum atomic E-state index is 12.3. The third-order valence-electron chi connectivity index (χ3n) is 5.03. The lowest BCUT2D eigenvalue weighted by Gasteiger charge is -2.33. The van der Waals surface area contributed by atoms with Gasteiger partial charge in [-0.3, -0.25) is 4.79 Å². The van der Waals surface area contributed by atoms with Crippen molar-refractivity contribution in [1.29, 1.82) is 0 Å². The average Bonchev–Trinajstić information content (AvgIpc) is 3.10. The number of hydrogen-bond donors (Lipinski definition) is 3. The fraction of sp³-hybridized carbons (Fsp3) is 0.150. The molecule has 2 unspecified atom stereocenters. The molecule has 0 saturated heterocycles. The molecule has 0 bridgehead atoms. The zero-order valence-electron chi connectivity index (χ0n) is 14.5. The number of halogens is 1. The zero-order chi connectivity index (χ0) is 18.5. The van der Waals surface area contributed by atoms with Crippen LogP contribution in [0.5, 0.6) is 0 Å². The Hall–Kier alpha value is -3.12. The summed E-state index contributed by atoms with van der Waals surface area (Å²) in [5, 5.41) is 12.8. The van der Waals surface area contributed by atoms with Gasteiger partial charge in [0.2, 0.25) is 0 Å².